The number of benzene rings is 1. The molecular formula is C15H22N2O3S. The average Bonchev–Trinajstić information content (AvgIpc) is 2.90. The predicted molar refractivity (Wildman–Crippen MR) is 82.9 cm³/mol. The fraction of sp³-hybridized carbons (Fsp3) is 0.533. The van der Waals surface area contributed by atoms with E-state index in [1.54, 1.807) is 23.1 Å². The normalized spacial score (nSPS) is 14.6. The lowest BCUT2D eigenvalue weighted by Crippen LogP contribution is -2.30. The van der Waals surface area contributed by atoms with Crippen molar-refractivity contribution < 1.29 is 13.2 Å². The van der Waals surface area contributed by atoms with E-state index >= 15 is 0 Å². The molecule has 0 spiro atoms. The quantitative estimate of drug-likeness (QED) is 0.836. The van der Waals surface area contributed by atoms with E-state index < -0.39 is 10.0 Å². The van der Waals surface area contributed by atoms with Crippen LogP contribution in [0.3, 0.4) is 0 Å². The SMILES string of the molecule is CCC(=O)N1CCc2cc(S(=O)(=O)N(CC)CC)ccc21. The zero-order valence-electron chi connectivity index (χ0n) is 12.8. The lowest BCUT2D eigenvalue weighted by Gasteiger charge is -2.20. The molecule has 0 N–H and O–H groups in total. The smallest absolute Gasteiger partial charge is 0.243 e. The molecule has 0 unspecified atom stereocenters. The summed E-state index contributed by atoms with van der Waals surface area (Å²) in [4.78, 5) is 13.9. The van der Waals surface area contributed by atoms with E-state index in [2.05, 4.69) is 0 Å². The van der Waals surface area contributed by atoms with Crippen molar-refractivity contribution in [2.75, 3.05) is 24.5 Å². The van der Waals surface area contributed by atoms with Crippen molar-refractivity contribution in [3.63, 3.8) is 0 Å². The van der Waals surface area contributed by atoms with Gasteiger partial charge in [0.1, 0.15) is 0 Å². The molecule has 0 atom stereocenters. The number of hydrogen-bond donors (Lipinski definition) is 0. The summed E-state index contributed by atoms with van der Waals surface area (Å²) in [5, 5.41) is 0. The van der Waals surface area contributed by atoms with Crippen LogP contribution in [-0.2, 0) is 21.2 Å². The number of fused-ring (bicyclic) bond motifs is 1. The minimum Gasteiger partial charge on any atom is -0.312 e. The van der Waals surface area contributed by atoms with E-state index in [1.165, 1.54) is 4.31 Å². The molecule has 1 aromatic rings. The maximum Gasteiger partial charge on any atom is 0.243 e. The van der Waals surface area contributed by atoms with E-state index in [-0.39, 0.29) is 5.91 Å². The molecule has 0 aliphatic carbocycles. The highest BCUT2D eigenvalue weighted by molar-refractivity contribution is 7.89. The molecule has 1 aliphatic rings. The maximum atomic E-state index is 12.5. The van der Waals surface area contributed by atoms with Gasteiger partial charge in [-0.05, 0) is 30.2 Å². The zero-order valence-corrected chi connectivity index (χ0v) is 13.6. The molecule has 2 rings (SSSR count). The molecule has 0 aromatic heterocycles. The van der Waals surface area contributed by atoms with Gasteiger partial charge in [-0.3, -0.25) is 4.79 Å². The van der Waals surface area contributed by atoms with Gasteiger partial charge >= 0.3 is 0 Å². The molecule has 0 fully saturated rings. The Balaban J connectivity index is 2.38. The number of carbonyl (C=O) groups is 1. The molecule has 0 radical (unpaired) electrons. The molecule has 21 heavy (non-hydrogen) atoms. The number of rotatable bonds is 5. The first-order valence-electron chi connectivity index (χ1n) is 7.39. The molecule has 1 aliphatic heterocycles. The van der Waals surface area contributed by atoms with Gasteiger partial charge in [0.15, 0.2) is 0 Å². The highest BCUT2D eigenvalue weighted by atomic mass is 32.2. The Morgan fingerprint density at radius 2 is 1.90 bits per heavy atom. The lowest BCUT2D eigenvalue weighted by atomic mass is 10.2. The maximum absolute atomic E-state index is 12.5. The minimum absolute atomic E-state index is 0.0769. The standard InChI is InChI=1S/C15H22N2O3S/c1-4-15(18)17-10-9-12-11-13(7-8-14(12)17)21(19,20)16(5-2)6-3/h7-8,11H,4-6,9-10H2,1-3H3. The highest BCUT2D eigenvalue weighted by Crippen LogP contribution is 2.31. The van der Waals surface area contributed by atoms with Crippen LogP contribution in [0.4, 0.5) is 5.69 Å². The molecule has 1 amide bonds. The van der Waals surface area contributed by atoms with E-state index in [1.807, 2.05) is 20.8 Å². The van der Waals surface area contributed by atoms with Crippen LogP contribution < -0.4 is 4.90 Å². The first-order valence-corrected chi connectivity index (χ1v) is 8.83. The summed E-state index contributed by atoms with van der Waals surface area (Å²) in [6.45, 7) is 7.04. The van der Waals surface area contributed by atoms with E-state index in [9.17, 15) is 13.2 Å². The van der Waals surface area contributed by atoms with Crippen LogP contribution in [0.15, 0.2) is 23.1 Å². The van der Waals surface area contributed by atoms with Gasteiger partial charge in [-0.15, -0.1) is 0 Å². The van der Waals surface area contributed by atoms with Crippen molar-refractivity contribution in [1.29, 1.82) is 0 Å². The Morgan fingerprint density at radius 3 is 2.48 bits per heavy atom. The van der Waals surface area contributed by atoms with Crippen molar-refractivity contribution in [3.05, 3.63) is 23.8 Å². The van der Waals surface area contributed by atoms with Gasteiger partial charge in [0.05, 0.1) is 4.90 Å². The number of carbonyl (C=O) groups excluding carboxylic acids is 1. The first kappa shape index (κ1) is 16.0. The van der Waals surface area contributed by atoms with E-state index in [4.69, 9.17) is 0 Å². The van der Waals surface area contributed by atoms with Gasteiger partial charge in [0, 0.05) is 31.7 Å². The van der Waals surface area contributed by atoms with Gasteiger partial charge < -0.3 is 4.90 Å². The second-order valence-corrected chi connectivity index (χ2v) is 6.97. The zero-order chi connectivity index (χ0) is 15.6. The predicted octanol–water partition coefficient (Wildman–Crippen LogP) is 2.02. The highest BCUT2D eigenvalue weighted by Gasteiger charge is 2.27. The summed E-state index contributed by atoms with van der Waals surface area (Å²) < 4.78 is 26.5. The van der Waals surface area contributed by atoms with Crippen LogP contribution in [0.5, 0.6) is 0 Å². The second kappa shape index (κ2) is 6.15. The molecule has 6 heteroatoms. The number of nitrogens with zero attached hydrogens (tertiary/aromatic N) is 2. The Kier molecular flexibility index (Phi) is 4.68. The molecular weight excluding hydrogens is 288 g/mol. The molecule has 0 saturated heterocycles. The molecule has 0 saturated carbocycles. The lowest BCUT2D eigenvalue weighted by molar-refractivity contribution is -0.118. The Hall–Kier alpha value is -1.40. The summed E-state index contributed by atoms with van der Waals surface area (Å²) in [5.74, 6) is 0.0769. The van der Waals surface area contributed by atoms with Gasteiger partial charge in [-0.1, -0.05) is 20.8 Å². The van der Waals surface area contributed by atoms with Gasteiger partial charge in [-0.25, -0.2) is 8.42 Å². The average molecular weight is 310 g/mol. The number of amides is 1. The Morgan fingerprint density at radius 1 is 1.24 bits per heavy atom. The van der Waals surface area contributed by atoms with Crippen molar-refractivity contribution in [2.45, 2.75) is 38.5 Å². The number of hydrogen-bond acceptors (Lipinski definition) is 3. The van der Waals surface area contributed by atoms with E-state index in [0.717, 1.165) is 11.3 Å². The number of sulfonamides is 1. The summed E-state index contributed by atoms with van der Waals surface area (Å²) in [6, 6.07) is 5.08. The van der Waals surface area contributed by atoms with Crippen LogP contribution in [-0.4, -0.2) is 38.3 Å². The summed E-state index contributed by atoms with van der Waals surface area (Å²) in [6.07, 6.45) is 1.17. The third kappa shape index (κ3) is 2.82. The summed E-state index contributed by atoms with van der Waals surface area (Å²) >= 11 is 0. The monoisotopic (exact) mass is 310 g/mol. The van der Waals surface area contributed by atoms with Crippen molar-refractivity contribution in [1.82, 2.24) is 4.31 Å². The van der Waals surface area contributed by atoms with Crippen LogP contribution in [0.25, 0.3) is 0 Å². The third-order valence-electron chi connectivity index (χ3n) is 3.89. The molecule has 1 aromatic carbocycles. The second-order valence-electron chi connectivity index (χ2n) is 5.03. The van der Waals surface area contributed by atoms with Gasteiger partial charge in [0.25, 0.3) is 0 Å². The largest absolute Gasteiger partial charge is 0.312 e. The molecule has 116 valence electrons. The molecule has 1 heterocycles. The topological polar surface area (TPSA) is 57.7 Å². The first-order chi connectivity index (χ1) is 9.95. The fourth-order valence-corrected chi connectivity index (χ4v) is 4.21. The molecule has 0 bridgehead atoms. The Labute approximate surface area is 126 Å². The minimum atomic E-state index is -3.44. The van der Waals surface area contributed by atoms with Crippen molar-refractivity contribution in [2.24, 2.45) is 0 Å². The van der Waals surface area contributed by atoms with Crippen LogP contribution in [0, 0.1) is 0 Å². The van der Waals surface area contributed by atoms with Crippen LogP contribution in [0.1, 0.15) is 32.8 Å². The van der Waals surface area contributed by atoms with Gasteiger partial charge in [-0.2, -0.15) is 4.31 Å². The fourth-order valence-electron chi connectivity index (χ4n) is 2.70. The summed E-state index contributed by atoms with van der Waals surface area (Å²) in [7, 11) is -3.44. The van der Waals surface area contributed by atoms with Gasteiger partial charge in [0.2, 0.25) is 15.9 Å². The van der Waals surface area contributed by atoms with Crippen LogP contribution in [0.2, 0.25) is 0 Å². The van der Waals surface area contributed by atoms with Crippen molar-refractivity contribution >= 4 is 21.6 Å². The van der Waals surface area contributed by atoms with Crippen molar-refractivity contribution in [3.8, 4) is 0 Å². The Bertz CT molecular complexity index is 636. The third-order valence-corrected chi connectivity index (χ3v) is 5.94. The van der Waals surface area contributed by atoms with Crippen LogP contribution >= 0.6 is 0 Å². The summed E-state index contributed by atoms with van der Waals surface area (Å²) in [5.41, 5.74) is 1.78. The number of anilines is 1. The molecule has 5 nitrogen and oxygen atoms in total. The van der Waals surface area contributed by atoms with E-state index in [0.29, 0.717) is 37.4 Å².